The summed E-state index contributed by atoms with van der Waals surface area (Å²) in [6.45, 7) is 6.04. The van der Waals surface area contributed by atoms with Crippen molar-refractivity contribution in [2.75, 3.05) is 32.1 Å². The predicted octanol–water partition coefficient (Wildman–Crippen LogP) is 3.15. The van der Waals surface area contributed by atoms with Crippen molar-refractivity contribution in [3.05, 3.63) is 34.9 Å². The van der Waals surface area contributed by atoms with Gasteiger partial charge in [-0.3, -0.25) is 4.99 Å². The van der Waals surface area contributed by atoms with Crippen molar-refractivity contribution >= 4 is 29.3 Å². The summed E-state index contributed by atoms with van der Waals surface area (Å²) in [7, 11) is 1.79. The van der Waals surface area contributed by atoms with Gasteiger partial charge in [0.15, 0.2) is 5.96 Å². The van der Waals surface area contributed by atoms with E-state index in [1.807, 2.05) is 30.0 Å². The van der Waals surface area contributed by atoms with Gasteiger partial charge in [-0.2, -0.15) is 11.8 Å². The van der Waals surface area contributed by atoms with E-state index in [2.05, 4.69) is 41.8 Å². The number of hydrogen-bond acceptors (Lipinski definition) is 2. The minimum absolute atomic E-state index is 0.0600. The molecule has 0 unspecified atom stereocenters. The second kappa shape index (κ2) is 8.42. The summed E-state index contributed by atoms with van der Waals surface area (Å²) >= 11 is 8.10. The quantitative estimate of drug-likeness (QED) is 0.481. The van der Waals surface area contributed by atoms with E-state index >= 15 is 0 Å². The van der Waals surface area contributed by atoms with E-state index in [0.29, 0.717) is 0 Å². The van der Waals surface area contributed by atoms with E-state index in [-0.39, 0.29) is 5.41 Å². The monoisotopic (exact) mass is 313 g/mol. The van der Waals surface area contributed by atoms with E-state index in [9.17, 15) is 0 Å². The van der Waals surface area contributed by atoms with Crippen LogP contribution < -0.4 is 10.6 Å². The summed E-state index contributed by atoms with van der Waals surface area (Å²) in [6, 6.07) is 7.99. The van der Waals surface area contributed by atoms with Crippen LogP contribution in [0.4, 0.5) is 0 Å². The third-order valence-electron chi connectivity index (χ3n) is 3.12. The van der Waals surface area contributed by atoms with Gasteiger partial charge in [0.1, 0.15) is 0 Å². The molecule has 0 aromatic heterocycles. The number of halogens is 1. The van der Waals surface area contributed by atoms with Gasteiger partial charge >= 0.3 is 0 Å². The molecule has 0 aliphatic rings. The smallest absolute Gasteiger partial charge is 0.191 e. The lowest BCUT2D eigenvalue weighted by Gasteiger charge is -2.27. The van der Waals surface area contributed by atoms with Gasteiger partial charge in [-0.15, -0.1) is 0 Å². The Morgan fingerprint density at radius 3 is 2.60 bits per heavy atom. The standard InChI is InChI=1S/C15H24ClN3S/c1-15(2,12-7-5-6-8-13(12)16)11-19-14(17-3)18-9-10-20-4/h5-8H,9-11H2,1-4H3,(H2,17,18,19). The molecule has 0 saturated heterocycles. The number of rotatable bonds is 6. The zero-order chi connectivity index (χ0) is 15.0. The zero-order valence-corrected chi connectivity index (χ0v) is 14.2. The summed E-state index contributed by atoms with van der Waals surface area (Å²) in [6.07, 6.45) is 2.10. The summed E-state index contributed by atoms with van der Waals surface area (Å²) in [5.41, 5.74) is 1.09. The topological polar surface area (TPSA) is 36.4 Å². The first-order valence-corrected chi connectivity index (χ1v) is 8.47. The van der Waals surface area contributed by atoms with Crippen LogP contribution in [0.15, 0.2) is 29.3 Å². The fourth-order valence-corrected chi connectivity index (χ4v) is 2.60. The van der Waals surface area contributed by atoms with Gasteiger partial charge in [-0.1, -0.05) is 43.6 Å². The Balaban J connectivity index is 2.60. The second-order valence-corrected chi connectivity index (χ2v) is 6.60. The van der Waals surface area contributed by atoms with Crippen LogP contribution in [0.2, 0.25) is 5.02 Å². The first-order chi connectivity index (χ1) is 9.51. The molecule has 0 heterocycles. The average Bonchev–Trinajstić information content (AvgIpc) is 2.43. The van der Waals surface area contributed by atoms with Crippen LogP contribution in [0.1, 0.15) is 19.4 Å². The van der Waals surface area contributed by atoms with Gasteiger partial charge in [0.05, 0.1) is 0 Å². The number of thioether (sulfide) groups is 1. The molecule has 0 radical (unpaired) electrons. The van der Waals surface area contributed by atoms with Crippen molar-refractivity contribution in [1.82, 2.24) is 10.6 Å². The summed E-state index contributed by atoms with van der Waals surface area (Å²) < 4.78 is 0. The molecule has 112 valence electrons. The van der Waals surface area contributed by atoms with Crippen LogP contribution in [0.5, 0.6) is 0 Å². The minimum Gasteiger partial charge on any atom is -0.356 e. The highest BCUT2D eigenvalue weighted by Crippen LogP contribution is 2.28. The molecule has 5 heteroatoms. The Bertz CT molecular complexity index is 446. The van der Waals surface area contributed by atoms with Gasteiger partial charge in [0.25, 0.3) is 0 Å². The lowest BCUT2D eigenvalue weighted by atomic mass is 9.84. The van der Waals surface area contributed by atoms with Crippen LogP contribution in [-0.4, -0.2) is 38.1 Å². The number of benzene rings is 1. The Morgan fingerprint density at radius 1 is 1.30 bits per heavy atom. The van der Waals surface area contributed by atoms with E-state index in [4.69, 9.17) is 11.6 Å². The molecule has 0 bridgehead atoms. The molecule has 1 aromatic rings. The van der Waals surface area contributed by atoms with Gasteiger partial charge < -0.3 is 10.6 Å². The molecule has 0 aliphatic heterocycles. The molecular formula is C15H24ClN3S. The fourth-order valence-electron chi connectivity index (χ4n) is 1.90. The van der Waals surface area contributed by atoms with E-state index in [1.54, 1.807) is 7.05 Å². The molecule has 0 spiro atoms. The van der Waals surface area contributed by atoms with Crippen molar-refractivity contribution < 1.29 is 0 Å². The molecule has 0 saturated carbocycles. The van der Waals surface area contributed by atoms with Crippen molar-refractivity contribution in [1.29, 1.82) is 0 Å². The van der Waals surface area contributed by atoms with Crippen molar-refractivity contribution in [3.8, 4) is 0 Å². The highest BCUT2D eigenvalue weighted by atomic mass is 35.5. The SMILES string of the molecule is CN=C(NCCSC)NCC(C)(C)c1ccccc1Cl. The fraction of sp³-hybridized carbons (Fsp3) is 0.533. The molecule has 3 nitrogen and oxygen atoms in total. The second-order valence-electron chi connectivity index (χ2n) is 5.21. The maximum absolute atomic E-state index is 6.28. The third kappa shape index (κ3) is 5.25. The normalized spacial score (nSPS) is 12.3. The number of aliphatic imine (C=N–C) groups is 1. The van der Waals surface area contributed by atoms with Crippen molar-refractivity contribution in [2.45, 2.75) is 19.3 Å². The number of guanidine groups is 1. The van der Waals surface area contributed by atoms with Crippen LogP contribution >= 0.6 is 23.4 Å². The van der Waals surface area contributed by atoms with Crippen molar-refractivity contribution in [3.63, 3.8) is 0 Å². The predicted molar refractivity (Wildman–Crippen MR) is 92.2 cm³/mol. The average molecular weight is 314 g/mol. The first-order valence-electron chi connectivity index (χ1n) is 6.69. The van der Waals surface area contributed by atoms with E-state index in [0.717, 1.165) is 35.4 Å². The van der Waals surface area contributed by atoms with Crippen LogP contribution in [-0.2, 0) is 5.41 Å². The maximum atomic E-state index is 6.28. The van der Waals surface area contributed by atoms with Gasteiger partial charge in [-0.05, 0) is 17.9 Å². The van der Waals surface area contributed by atoms with E-state index in [1.165, 1.54) is 0 Å². The largest absolute Gasteiger partial charge is 0.356 e. The lowest BCUT2D eigenvalue weighted by Crippen LogP contribution is -2.44. The van der Waals surface area contributed by atoms with Gasteiger partial charge in [0.2, 0.25) is 0 Å². The lowest BCUT2D eigenvalue weighted by molar-refractivity contribution is 0.509. The molecule has 20 heavy (non-hydrogen) atoms. The van der Waals surface area contributed by atoms with Crippen LogP contribution in [0.3, 0.4) is 0 Å². The Labute approximate surface area is 131 Å². The van der Waals surface area contributed by atoms with Crippen LogP contribution in [0, 0.1) is 0 Å². The molecule has 0 aliphatic carbocycles. The van der Waals surface area contributed by atoms with Crippen LogP contribution in [0.25, 0.3) is 0 Å². The van der Waals surface area contributed by atoms with E-state index < -0.39 is 0 Å². The number of nitrogens with zero attached hydrogens (tertiary/aromatic N) is 1. The molecular weight excluding hydrogens is 290 g/mol. The number of hydrogen-bond donors (Lipinski definition) is 2. The highest BCUT2D eigenvalue weighted by Gasteiger charge is 2.23. The zero-order valence-electron chi connectivity index (χ0n) is 12.7. The summed E-state index contributed by atoms with van der Waals surface area (Å²) in [4.78, 5) is 4.23. The molecule has 2 N–H and O–H groups in total. The Kier molecular flexibility index (Phi) is 7.24. The molecule has 0 amide bonds. The molecule has 0 fully saturated rings. The molecule has 1 aromatic carbocycles. The minimum atomic E-state index is -0.0600. The van der Waals surface area contributed by atoms with Gasteiger partial charge in [-0.25, -0.2) is 0 Å². The highest BCUT2D eigenvalue weighted by molar-refractivity contribution is 7.98. The third-order valence-corrected chi connectivity index (χ3v) is 4.06. The first kappa shape index (κ1) is 17.2. The van der Waals surface area contributed by atoms with Crippen molar-refractivity contribution in [2.24, 2.45) is 4.99 Å². The number of nitrogens with one attached hydrogen (secondary N) is 2. The Hall–Kier alpha value is -0.870. The Morgan fingerprint density at radius 2 is 2.00 bits per heavy atom. The summed E-state index contributed by atoms with van der Waals surface area (Å²) in [5.74, 6) is 1.90. The maximum Gasteiger partial charge on any atom is 0.191 e. The summed E-state index contributed by atoms with van der Waals surface area (Å²) in [5, 5.41) is 7.47. The molecule has 1 rings (SSSR count). The van der Waals surface area contributed by atoms with Gasteiger partial charge in [0, 0.05) is 36.3 Å². The molecule has 0 atom stereocenters.